The summed E-state index contributed by atoms with van der Waals surface area (Å²) in [6.07, 6.45) is 2.50. The van der Waals surface area contributed by atoms with Crippen LogP contribution < -0.4 is 15.4 Å². The van der Waals surface area contributed by atoms with E-state index in [0.717, 1.165) is 5.56 Å². The lowest BCUT2D eigenvalue weighted by molar-refractivity contribution is -0.142. The number of aliphatic carboxylic acids is 1. The first-order valence-electron chi connectivity index (χ1n) is 10.5. The Labute approximate surface area is 180 Å². The number of carbonyl (C=O) groups excluding carboxylic acids is 2. The van der Waals surface area contributed by atoms with Crippen molar-refractivity contribution in [1.29, 1.82) is 0 Å². The van der Waals surface area contributed by atoms with Crippen molar-refractivity contribution in [3.63, 3.8) is 0 Å². The van der Waals surface area contributed by atoms with Crippen LogP contribution in [0.4, 0.5) is 0 Å². The quantitative estimate of drug-likeness (QED) is 0.602. The maximum Gasteiger partial charge on any atom is 0.326 e. The summed E-state index contributed by atoms with van der Waals surface area (Å²) in [5, 5.41) is 15.1. The van der Waals surface area contributed by atoms with Gasteiger partial charge >= 0.3 is 5.97 Å². The smallest absolute Gasteiger partial charge is 0.326 e. The Morgan fingerprint density at radius 1 is 1.06 bits per heavy atom. The molecule has 0 spiro atoms. The van der Waals surface area contributed by atoms with Crippen LogP contribution in [0.1, 0.15) is 29.5 Å². The highest BCUT2D eigenvalue weighted by Gasteiger charge is 2.52. The van der Waals surface area contributed by atoms with Crippen LogP contribution in [0, 0.1) is 5.92 Å². The minimum absolute atomic E-state index is 0.146. The highest BCUT2D eigenvalue weighted by molar-refractivity contribution is 5.96. The van der Waals surface area contributed by atoms with E-state index in [1.54, 1.807) is 31.4 Å². The van der Waals surface area contributed by atoms with Crippen molar-refractivity contribution in [1.82, 2.24) is 10.6 Å². The van der Waals surface area contributed by atoms with Crippen LogP contribution in [0.15, 0.2) is 48.5 Å². The lowest BCUT2D eigenvalue weighted by Crippen LogP contribution is -2.54. The summed E-state index contributed by atoms with van der Waals surface area (Å²) < 4.78 is 5.11. The predicted octanol–water partition coefficient (Wildman–Crippen LogP) is 1.87. The van der Waals surface area contributed by atoms with Gasteiger partial charge in [-0.25, -0.2) is 4.79 Å². The van der Waals surface area contributed by atoms with Gasteiger partial charge in [0.25, 0.3) is 0 Å². The van der Waals surface area contributed by atoms with Crippen LogP contribution in [0.3, 0.4) is 0 Å². The van der Waals surface area contributed by atoms with Crippen molar-refractivity contribution >= 4 is 17.8 Å². The molecule has 0 aliphatic heterocycles. The summed E-state index contributed by atoms with van der Waals surface area (Å²) in [6, 6.07) is 13.9. The second-order valence-corrected chi connectivity index (χ2v) is 8.36. The Bertz CT molecular complexity index is 972. The molecule has 162 valence electrons. The van der Waals surface area contributed by atoms with Crippen LogP contribution in [-0.2, 0) is 33.6 Å². The second-order valence-electron chi connectivity index (χ2n) is 8.36. The van der Waals surface area contributed by atoms with Gasteiger partial charge in [-0.05, 0) is 54.5 Å². The molecule has 1 unspecified atom stereocenters. The summed E-state index contributed by atoms with van der Waals surface area (Å²) >= 11 is 0. The summed E-state index contributed by atoms with van der Waals surface area (Å²) in [4.78, 5) is 37.5. The number of nitrogens with one attached hydrogen (secondary N) is 2. The molecule has 31 heavy (non-hydrogen) atoms. The van der Waals surface area contributed by atoms with Gasteiger partial charge in [-0.1, -0.05) is 36.4 Å². The Hall–Kier alpha value is -3.35. The van der Waals surface area contributed by atoms with Crippen molar-refractivity contribution in [2.75, 3.05) is 7.11 Å². The maximum absolute atomic E-state index is 12.9. The summed E-state index contributed by atoms with van der Waals surface area (Å²) in [5.41, 5.74) is 2.11. The Kier molecular flexibility index (Phi) is 5.67. The normalized spacial score (nSPS) is 17.3. The van der Waals surface area contributed by atoms with Gasteiger partial charge in [0.1, 0.15) is 17.3 Å². The minimum Gasteiger partial charge on any atom is -0.497 e. The van der Waals surface area contributed by atoms with Crippen LogP contribution in [0.2, 0.25) is 0 Å². The molecule has 2 aromatic carbocycles. The van der Waals surface area contributed by atoms with E-state index >= 15 is 0 Å². The van der Waals surface area contributed by atoms with E-state index in [2.05, 4.69) is 10.6 Å². The molecular weight excluding hydrogens is 396 g/mol. The molecule has 1 fully saturated rings. The molecule has 2 aliphatic carbocycles. The highest BCUT2D eigenvalue weighted by Crippen LogP contribution is 2.37. The highest BCUT2D eigenvalue weighted by atomic mass is 16.5. The molecule has 0 radical (unpaired) electrons. The van der Waals surface area contributed by atoms with Gasteiger partial charge < -0.3 is 20.5 Å². The van der Waals surface area contributed by atoms with Gasteiger partial charge in [0.2, 0.25) is 11.8 Å². The average molecular weight is 422 g/mol. The van der Waals surface area contributed by atoms with Crippen molar-refractivity contribution in [3.05, 3.63) is 65.2 Å². The third-order valence-electron chi connectivity index (χ3n) is 6.17. The fraction of sp³-hybridized carbons (Fsp3) is 0.375. The number of hydrogen-bond acceptors (Lipinski definition) is 4. The molecule has 0 bridgehead atoms. The number of hydrogen-bond donors (Lipinski definition) is 3. The monoisotopic (exact) mass is 422 g/mol. The van der Waals surface area contributed by atoms with E-state index < -0.39 is 23.5 Å². The molecule has 0 saturated heterocycles. The van der Waals surface area contributed by atoms with E-state index in [1.165, 1.54) is 11.1 Å². The molecule has 7 nitrogen and oxygen atoms in total. The summed E-state index contributed by atoms with van der Waals surface area (Å²) in [7, 11) is 1.56. The van der Waals surface area contributed by atoms with Gasteiger partial charge in [-0.2, -0.15) is 0 Å². The summed E-state index contributed by atoms with van der Waals surface area (Å²) in [5.74, 6) is -1.22. The molecule has 2 amide bonds. The lowest BCUT2D eigenvalue weighted by atomic mass is 10.0. The average Bonchev–Trinajstić information content (AvgIpc) is 3.41. The molecule has 3 N–H and O–H groups in total. The minimum atomic E-state index is -1.11. The molecule has 1 saturated carbocycles. The standard InChI is InChI=1S/C24H26N2O5/c1-31-19-8-6-15(7-9-19)12-20(22(28)29)25-23(30)24(10-11-24)26-21(27)18-13-16-4-2-3-5-17(16)14-18/h2-9,18,20H,10-14H2,1H3,(H,25,30)(H,26,27)(H,28,29). The number of carbonyl (C=O) groups is 3. The zero-order valence-corrected chi connectivity index (χ0v) is 17.4. The first-order valence-corrected chi connectivity index (χ1v) is 10.5. The third-order valence-corrected chi connectivity index (χ3v) is 6.17. The number of benzene rings is 2. The molecular formula is C24H26N2O5. The molecule has 0 aromatic heterocycles. The largest absolute Gasteiger partial charge is 0.497 e. The number of ether oxygens (including phenoxy) is 1. The number of rotatable bonds is 8. The van der Waals surface area contributed by atoms with Gasteiger partial charge in [0.15, 0.2) is 0 Å². The van der Waals surface area contributed by atoms with E-state index in [4.69, 9.17) is 4.74 Å². The fourth-order valence-electron chi connectivity index (χ4n) is 4.11. The van der Waals surface area contributed by atoms with E-state index in [0.29, 0.717) is 31.4 Å². The van der Waals surface area contributed by atoms with Crippen LogP contribution in [0.25, 0.3) is 0 Å². The lowest BCUT2D eigenvalue weighted by Gasteiger charge is -2.22. The van der Waals surface area contributed by atoms with Crippen LogP contribution >= 0.6 is 0 Å². The Morgan fingerprint density at radius 2 is 1.68 bits per heavy atom. The second kappa shape index (κ2) is 8.41. The zero-order valence-electron chi connectivity index (χ0n) is 17.4. The van der Waals surface area contributed by atoms with Crippen molar-refractivity contribution in [2.45, 2.75) is 43.7 Å². The molecule has 0 heterocycles. The SMILES string of the molecule is COc1ccc(CC(NC(=O)C2(NC(=O)C3Cc4ccccc4C3)CC2)C(=O)O)cc1. The number of carboxylic acid groups (broad SMARTS) is 1. The first-order chi connectivity index (χ1) is 14.9. The molecule has 4 rings (SSSR count). The fourth-order valence-corrected chi connectivity index (χ4v) is 4.11. The molecule has 1 atom stereocenters. The van der Waals surface area contributed by atoms with Crippen molar-refractivity contribution < 1.29 is 24.2 Å². The van der Waals surface area contributed by atoms with E-state index in [-0.39, 0.29) is 18.2 Å². The molecule has 2 aromatic rings. The third kappa shape index (κ3) is 4.55. The molecule has 2 aliphatic rings. The van der Waals surface area contributed by atoms with Crippen LogP contribution in [-0.4, -0.2) is 41.6 Å². The zero-order chi connectivity index (χ0) is 22.0. The van der Waals surface area contributed by atoms with Crippen LogP contribution in [0.5, 0.6) is 5.75 Å². The van der Waals surface area contributed by atoms with Gasteiger partial charge in [-0.3, -0.25) is 9.59 Å². The number of carboxylic acids is 1. The van der Waals surface area contributed by atoms with E-state index in [9.17, 15) is 19.5 Å². The first kappa shape index (κ1) is 20.9. The maximum atomic E-state index is 12.9. The number of amides is 2. The summed E-state index contributed by atoms with van der Waals surface area (Å²) in [6.45, 7) is 0. The predicted molar refractivity (Wildman–Crippen MR) is 114 cm³/mol. The van der Waals surface area contributed by atoms with Crippen molar-refractivity contribution in [2.24, 2.45) is 5.92 Å². The van der Waals surface area contributed by atoms with Gasteiger partial charge in [0.05, 0.1) is 7.11 Å². The number of methoxy groups -OCH3 is 1. The number of fused-ring (bicyclic) bond motifs is 1. The molecule has 7 heteroatoms. The Balaban J connectivity index is 1.37. The Morgan fingerprint density at radius 3 is 2.19 bits per heavy atom. The van der Waals surface area contributed by atoms with E-state index in [1.807, 2.05) is 24.3 Å². The van der Waals surface area contributed by atoms with Gasteiger partial charge in [-0.15, -0.1) is 0 Å². The van der Waals surface area contributed by atoms with Gasteiger partial charge in [0, 0.05) is 12.3 Å². The topological polar surface area (TPSA) is 105 Å². The van der Waals surface area contributed by atoms with Crippen molar-refractivity contribution in [3.8, 4) is 5.75 Å².